The number of nitrogens with zero attached hydrogens (tertiary/aromatic N) is 1. The lowest BCUT2D eigenvalue weighted by molar-refractivity contribution is 0.108. The Morgan fingerprint density at radius 2 is 1.95 bits per heavy atom. The first-order valence-electron chi connectivity index (χ1n) is 5.75. The van der Waals surface area contributed by atoms with Gasteiger partial charge in [0.25, 0.3) is 0 Å². The molecule has 96 valence electrons. The lowest BCUT2D eigenvalue weighted by atomic mass is 10.1. The fourth-order valence-corrected chi connectivity index (χ4v) is 1.61. The van der Waals surface area contributed by atoms with Crippen molar-refractivity contribution in [1.82, 2.24) is 0 Å². The van der Waals surface area contributed by atoms with Gasteiger partial charge in [0, 0.05) is 6.07 Å². The molecule has 4 heteroatoms. The zero-order valence-electron chi connectivity index (χ0n) is 10.1. The number of hydrogen-bond donors (Lipinski definition) is 1. The molecule has 0 radical (unpaired) electrons. The van der Waals surface area contributed by atoms with Crippen LogP contribution in [0.3, 0.4) is 0 Å². The summed E-state index contributed by atoms with van der Waals surface area (Å²) in [5.74, 6) is -0.0157. The summed E-state index contributed by atoms with van der Waals surface area (Å²) in [5.41, 5.74) is 1.18. The van der Waals surface area contributed by atoms with E-state index in [9.17, 15) is 9.50 Å². The Kier molecular flexibility index (Phi) is 4.11. The molecule has 0 aliphatic rings. The second-order valence-electron chi connectivity index (χ2n) is 4.02. The van der Waals surface area contributed by atoms with E-state index in [0.29, 0.717) is 16.9 Å². The van der Waals surface area contributed by atoms with E-state index in [0.717, 1.165) is 0 Å². The summed E-state index contributed by atoms with van der Waals surface area (Å²) < 4.78 is 18.2. The smallest absolute Gasteiger partial charge is 0.126 e. The largest absolute Gasteiger partial charge is 0.490 e. The van der Waals surface area contributed by atoms with Crippen LogP contribution in [0.1, 0.15) is 17.2 Å². The third-order valence-electron chi connectivity index (χ3n) is 2.63. The van der Waals surface area contributed by atoms with Gasteiger partial charge in [-0.2, -0.15) is 5.26 Å². The summed E-state index contributed by atoms with van der Waals surface area (Å²) >= 11 is 0. The third-order valence-corrected chi connectivity index (χ3v) is 2.63. The predicted molar refractivity (Wildman–Crippen MR) is 68.0 cm³/mol. The number of aliphatic hydroxyl groups is 1. The van der Waals surface area contributed by atoms with Gasteiger partial charge in [-0.15, -0.1) is 0 Å². The minimum atomic E-state index is -0.823. The number of nitriles is 1. The van der Waals surface area contributed by atoms with E-state index in [2.05, 4.69) is 0 Å². The summed E-state index contributed by atoms with van der Waals surface area (Å²) in [7, 11) is 0. The molecule has 0 aliphatic carbocycles. The van der Waals surface area contributed by atoms with Crippen LogP contribution < -0.4 is 4.74 Å². The summed E-state index contributed by atoms with van der Waals surface area (Å²) in [6.07, 6.45) is -0.823. The van der Waals surface area contributed by atoms with E-state index >= 15 is 0 Å². The number of aliphatic hydroxyl groups excluding tert-OH is 1. The average Bonchev–Trinajstić information content (AvgIpc) is 2.45. The first-order chi connectivity index (χ1) is 9.19. The van der Waals surface area contributed by atoms with Gasteiger partial charge >= 0.3 is 0 Å². The van der Waals surface area contributed by atoms with Crippen molar-refractivity contribution in [2.45, 2.75) is 6.10 Å². The Balaban J connectivity index is 1.97. The Morgan fingerprint density at radius 1 is 1.21 bits per heavy atom. The molecular weight excluding hydrogens is 245 g/mol. The quantitative estimate of drug-likeness (QED) is 0.916. The van der Waals surface area contributed by atoms with Crippen LogP contribution in [-0.4, -0.2) is 11.7 Å². The Morgan fingerprint density at radius 3 is 2.58 bits per heavy atom. The minimum Gasteiger partial charge on any atom is -0.490 e. The van der Waals surface area contributed by atoms with Crippen LogP contribution >= 0.6 is 0 Å². The van der Waals surface area contributed by atoms with Crippen molar-refractivity contribution in [2.24, 2.45) is 0 Å². The van der Waals surface area contributed by atoms with E-state index in [1.807, 2.05) is 6.07 Å². The summed E-state index contributed by atoms with van der Waals surface area (Å²) in [5, 5.41) is 18.6. The normalized spacial score (nSPS) is 11.6. The molecule has 0 saturated heterocycles. The van der Waals surface area contributed by atoms with E-state index in [1.54, 1.807) is 36.4 Å². The maximum atomic E-state index is 12.9. The molecule has 0 bridgehead atoms. The zero-order valence-corrected chi connectivity index (χ0v) is 10.1. The molecule has 0 heterocycles. The maximum absolute atomic E-state index is 12.9. The Bertz CT molecular complexity index is 590. The molecule has 19 heavy (non-hydrogen) atoms. The molecule has 0 fully saturated rings. The van der Waals surface area contributed by atoms with Crippen molar-refractivity contribution in [3.63, 3.8) is 0 Å². The van der Waals surface area contributed by atoms with Crippen LogP contribution in [0.25, 0.3) is 0 Å². The van der Waals surface area contributed by atoms with Gasteiger partial charge in [0.1, 0.15) is 24.3 Å². The summed E-state index contributed by atoms with van der Waals surface area (Å²) in [6, 6.07) is 14.3. The van der Waals surface area contributed by atoms with Crippen molar-refractivity contribution < 1.29 is 14.2 Å². The van der Waals surface area contributed by atoms with Gasteiger partial charge < -0.3 is 9.84 Å². The van der Waals surface area contributed by atoms with Crippen LogP contribution in [0, 0.1) is 17.1 Å². The van der Waals surface area contributed by atoms with E-state index in [-0.39, 0.29) is 12.4 Å². The van der Waals surface area contributed by atoms with E-state index in [4.69, 9.17) is 10.00 Å². The highest BCUT2D eigenvalue weighted by Gasteiger charge is 2.08. The Hall–Kier alpha value is -2.38. The summed E-state index contributed by atoms with van der Waals surface area (Å²) in [6.45, 7) is 0.0232. The topological polar surface area (TPSA) is 53.2 Å². The first kappa shape index (κ1) is 13.1. The molecular formula is C15H12FNO2. The molecule has 1 N–H and O–H groups in total. The van der Waals surface area contributed by atoms with E-state index in [1.165, 1.54) is 12.1 Å². The van der Waals surface area contributed by atoms with Gasteiger partial charge in [0.05, 0.1) is 11.6 Å². The van der Waals surface area contributed by atoms with Gasteiger partial charge in [0.15, 0.2) is 0 Å². The summed E-state index contributed by atoms with van der Waals surface area (Å²) in [4.78, 5) is 0. The van der Waals surface area contributed by atoms with Gasteiger partial charge in [0.2, 0.25) is 0 Å². The van der Waals surface area contributed by atoms with Gasteiger partial charge in [-0.25, -0.2) is 4.39 Å². The predicted octanol–water partition coefficient (Wildman–Crippen LogP) is 2.81. The van der Waals surface area contributed by atoms with Crippen LogP contribution in [0.15, 0.2) is 48.5 Å². The van der Waals surface area contributed by atoms with E-state index < -0.39 is 6.10 Å². The molecule has 0 aliphatic heterocycles. The minimum absolute atomic E-state index is 0.0232. The van der Waals surface area contributed by atoms with Crippen molar-refractivity contribution in [3.8, 4) is 11.8 Å². The second-order valence-corrected chi connectivity index (χ2v) is 4.02. The SMILES string of the molecule is N#Cc1ccc(C(O)COc2cccc(F)c2)cc1. The highest BCUT2D eigenvalue weighted by molar-refractivity contribution is 5.32. The highest BCUT2D eigenvalue weighted by atomic mass is 19.1. The number of hydrogen-bond acceptors (Lipinski definition) is 3. The molecule has 2 aromatic carbocycles. The fourth-order valence-electron chi connectivity index (χ4n) is 1.61. The lowest BCUT2D eigenvalue weighted by Gasteiger charge is -2.12. The van der Waals surface area contributed by atoms with Crippen LogP contribution in [0.2, 0.25) is 0 Å². The van der Waals surface area contributed by atoms with Crippen LogP contribution in [0.5, 0.6) is 5.75 Å². The number of rotatable bonds is 4. The highest BCUT2D eigenvalue weighted by Crippen LogP contribution is 2.17. The second kappa shape index (κ2) is 5.98. The van der Waals surface area contributed by atoms with Crippen LogP contribution in [-0.2, 0) is 0 Å². The molecule has 2 rings (SSSR count). The lowest BCUT2D eigenvalue weighted by Crippen LogP contribution is -2.09. The molecule has 0 amide bonds. The van der Waals surface area contributed by atoms with Gasteiger partial charge in [-0.1, -0.05) is 18.2 Å². The molecule has 2 aromatic rings. The maximum Gasteiger partial charge on any atom is 0.126 e. The van der Waals surface area contributed by atoms with Crippen molar-refractivity contribution in [3.05, 3.63) is 65.5 Å². The number of halogens is 1. The standard InChI is InChI=1S/C15H12FNO2/c16-13-2-1-3-14(8-13)19-10-15(18)12-6-4-11(9-17)5-7-12/h1-8,15,18H,10H2. The van der Waals surface area contributed by atoms with Crippen molar-refractivity contribution >= 4 is 0 Å². The van der Waals surface area contributed by atoms with Gasteiger partial charge in [-0.05, 0) is 29.8 Å². The molecule has 0 aromatic heterocycles. The van der Waals surface area contributed by atoms with Gasteiger partial charge in [-0.3, -0.25) is 0 Å². The van der Waals surface area contributed by atoms with Crippen molar-refractivity contribution in [1.29, 1.82) is 5.26 Å². The molecule has 0 spiro atoms. The number of ether oxygens (including phenoxy) is 1. The third kappa shape index (κ3) is 3.54. The van der Waals surface area contributed by atoms with Crippen molar-refractivity contribution in [2.75, 3.05) is 6.61 Å². The molecule has 3 nitrogen and oxygen atoms in total. The zero-order chi connectivity index (χ0) is 13.7. The van der Waals surface area contributed by atoms with Crippen LogP contribution in [0.4, 0.5) is 4.39 Å². The fraction of sp³-hybridized carbons (Fsp3) is 0.133. The molecule has 0 saturated carbocycles. The molecule has 1 unspecified atom stereocenters. The molecule has 1 atom stereocenters. The Labute approximate surface area is 110 Å². The first-order valence-corrected chi connectivity index (χ1v) is 5.75. The average molecular weight is 257 g/mol. The number of benzene rings is 2. The monoisotopic (exact) mass is 257 g/mol.